The number of nitrogens with two attached hydrogens (primary N) is 1. The second kappa shape index (κ2) is 4.53. The van der Waals surface area contributed by atoms with Crippen molar-refractivity contribution in [3.63, 3.8) is 0 Å². The molecule has 0 amide bonds. The Morgan fingerprint density at radius 1 is 1.27 bits per heavy atom. The van der Waals surface area contributed by atoms with Crippen molar-refractivity contribution >= 4 is 34.3 Å². The van der Waals surface area contributed by atoms with E-state index in [-0.39, 0.29) is 6.04 Å². The molecule has 1 unspecified atom stereocenters. The van der Waals surface area contributed by atoms with Gasteiger partial charge in [-0.15, -0.1) is 22.7 Å². The van der Waals surface area contributed by atoms with Gasteiger partial charge < -0.3 is 10.5 Å². The minimum atomic E-state index is -0.188. The SMILES string of the molecule is COc1ccsc1C(N)c1sccc1Cl. The molecule has 0 aromatic carbocycles. The van der Waals surface area contributed by atoms with Crippen molar-refractivity contribution in [2.24, 2.45) is 5.73 Å². The van der Waals surface area contributed by atoms with Crippen molar-refractivity contribution in [3.05, 3.63) is 37.7 Å². The number of hydrogen-bond acceptors (Lipinski definition) is 4. The molecule has 0 aliphatic carbocycles. The number of rotatable bonds is 3. The second-order valence-electron chi connectivity index (χ2n) is 2.96. The van der Waals surface area contributed by atoms with Gasteiger partial charge in [0.25, 0.3) is 0 Å². The first-order valence-corrected chi connectivity index (χ1v) is 6.47. The normalized spacial score (nSPS) is 12.7. The Balaban J connectivity index is 2.36. The lowest BCUT2D eigenvalue weighted by atomic mass is 10.2. The molecule has 15 heavy (non-hydrogen) atoms. The summed E-state index contributed by atoms with van der Waals surface area (Å²) in [4.78, 5) is 2.00. The lowest BCUT2D eigenvalue weighted by molar-refractivity contribution is 0.411. The Bertz CT molecular complexity index is 452. The van der Waals surface area contributed by atoms with Gasteiger partial charge in [0.1, 0.15) is 5.75 Å². The lowest BCUT2D eigenvalue weighted by Gasteiger charge is -2.10. The van der Waals surface area contributed by atoms with Gasteiger partial charge in [-0.3, -0.25) is 0 Å². The first kappa shape index (κ1) is 11.0. The molecule has 0 spiro atoms. The maximum Gasteiger partial charge on any atom is 0.134 e. The molecule has 2 aromatic rings. The Morgan fingerprint density at radius 2 is 1.93 bits per heavy atom. The van der Waals surface area contributed by atoms with Gasteiger partial charge in [-0.2, -0.15) is 0 Å². The zero-order valence-electron chi connectivity index (χ0n) is 8.07. The summed E-state index contributed by atoms with van der Waals surface area (Å²) in [6.45, 7) is 0. The minimum Gasteiger partial charge on any atom is -0.496 e. The molecule has 0 aliphatic rings. The topological polar surface area (TPSA) is 35.2 Å². The summed E-state index contributed by atoms with van der Waals surface area (Å²) in [6, 6.07) is 3.59. The van der Waals surface area contributed by atoms with Gasteiger partial charge in [0, 0.05) is 4.88 Å². The largest absolute Gasteiger partial charge is 0.496 e. The van der Waals surface area contributed by atoms with Gasteiger partial charge in [-0.25, -0.2) is 0 Å². The highest BCUT2D eigenvalue weighted by atomic mass is 35.5. The molecule has 2 N–H and O–H groups in total. The van der Waals surface area contributed by atoms with Gasteiger partial charge >= 0.3 is 0 Å². The number of halogens is 1. The zero-order valence-corrected chi connectivity index (χ0v) is 10.5. The average Bonchev–Trinajstić information content (AvgIpc) is 2.84. The smallest absolute Gasteiger partial charge is 0.134 e. The summed E-state index contributed by atoms with van der Waals surface area (Å²) in [5, 5.41) is 4.63. The second-order valence-corrected chi connectivity index (χ2v) is 5.27. The van der Waals surface area contributed by atoms with E-state index in [9.17, 15) is 0 Å². The molecule has 5 heteroatoms. The van der Waals surface area contributed by atoms with Gasteiger partial charge in [0.05, 0.1) is 23.1 Å². The predicted molar refractivity (Wildman–Crippen MR) is 66.2 cm³/mol. The molecule has 0 fully saturated rings. The van der Waals surface area contributed by atoms with E-state index in [0.717, 1.165) is 20.5 Å². The van der Waals surface area contributed by atoms with Crippen LogP contribution in [0.15, 0.2) is 22.9 Å². The standard InChI is InChI=1S/C10H10ClNOS2/c1-13-7-3-5-15-10(7)8(12)9-6(11)2-4-14-9/h2-5,8H,12H2,1H3. The summed E-state index contributed by atoms with van der Waals surface area (Å²) >= 11 is 9.20. The van der Waals surface area contributed by atoms with E-state index in [4.69, 9.17) is 22.1 Å². The van der Waals surface area contributed by atoms with Gasteiger partial charge in [-0.1, -0.05) is 11.6 Å². The highest BCUT2D eigenvalue weighted by molar-refractivity contribution is 7.12. The van der Waals surface area contributed by atoms with E-state index in [1.54, 1.807) is 29.8 Å². The molecule has 0 bridgehead atoms. The fourth-order valence-electron chi connectivity index (χ4n) is 1.35. The Hall–Kier alpha value is -0.550. The first-order chi connectivity index (χ1) is 7.24. The van der Waals surface area contributed by atoms with Gasteiger partial charge in [0.2, 0.25) is 0 Å². The van der Waals surface area contributed by atoms with Crippen LogP contribution in [0.1, 0.15) is 15.8 Å². The van der Waals surface area contributed by atoms with E-state index >= 15 is 0 Å². The van der Waals surface area contributed by atoms with Crippen LogP contribution in [-0.2, 0) is 0 Å². The summed E-state index contributed by atoms with van der Waals surface area (Å²) in [5.74, 6) is 0.831. The molecule has 1 atom stereocenters. The third-order valence-electron chi connectivity index (χ3n) is 2.09. The van der Waals surface area contributed by atoms with E-state index < -0.39 is 0 Å². The average molecular weight is 260 g/mol. The summed E-state index contributed by atoms with van der Waals surface area (Å²) < 4.78 is 5.24. The van der Waals surface area contributed by atoms with Crippen LogP contribution in [-0.4, -0.2) is 7.11 Å². The van der Waals surface area contributed by atoms with Crippen LogP contribution >= 0.6 is 34.3 Å². The van der Waals surface area contributed by atoms with E-state index in [1.807, 2.05) is 22.9 Å². The third-order valence-corrected chi connectivity index (χ3v) is 4.51. The monoisotopic (exact) mass is 259 g/mol. The number of hydrogen-bond donors (Lipinski definition) is 1. The number of methoxy groups -OCH3 is 1. The zero-order chi connectivity index (χ0) is 10.8. The molecule has 0 saturated carbocycles. The fourth-order valence-corrected chi connectivity index (χ4v) is 3.48. The van der Waals surface area contributed by atoms with Crippen molar-refractivity contribution in [1.82, 2.24) is 0 Å². The van der Waals surface area contributed by atoms with Crippen molar-refractivity contribution in [3.8, 4) is 5.75 Å². The molecule has 2 aromatic heterocycles. The molecule has 2 rings (SSSR count). The maximum absolute atomic E-state index is 6.14. The molecular weight excluding hydrogens is 250 g/mol. The van der Waals surface area contributed by atoms with Crippen LogP contribution in [0.5, 0.6) is 5.75 Å². The van der Waals surface area contributed by atoms with E-state index in [0.29, 0.717) is 0 Å². The van der Waals surface area contributed by atoms with Gasteiger partial charge in [0.15, 0.2) is 0 Å². The van der Waals surface area contributed by atoms with Crippen LogP contribution in [0.4, 0.5) is 0 Å². The molecule has 2 heterocycles. The lowest BCUT2D eigenvalue weighted by Crippen LogP contribution is -2.09. The Kier molecular flexibility index (Phi) is 3.31. The van der Waals surface area contributed by atoms with Crippen molar-refractivity contribution in [2.45, 2.75) is 6.04 Å². The van der Waals surface area contributed by atoms with Crippen LogP contribution in [0.2, 0.25) is 5.02 Å². The molecule has 0 aliphatic heterocycles. The van der Waals surface area contributed by atoms with Crippen molar-refractivity contribution in [1.29, 1.82) is 0 Å². The fraction of sp³-hybridized carbons (Fsp3) is 0.200. The van der Waals surface area contributed by atoms with Crippen LogP contribution in [0.3, 0.4) is 0 Å². The third kappa shape index (κ3) is 2.03. The van der Waals surface area contributed by atoms with Crippen LogP contribution in [0, 0.1) is 0 Å². The van der Waals surface area contributed by atoms with E-state index in [2.05, 4.69) is 0 Å². The first-order valence-electron chi connectivity index (χ1n) is 4.34. The minimum absolute atomic E-state index is 0.188. The molecular formula is C10H10ClNOS2. The number of thiophene rings is 2. The predicted octanol–water partition coefficient (Wildman–Crippen LogP) is 3.52. The van der Waals surface area contributed by atoms with Crippen molar-refractivity contribution in [2.75, 3.05) is 7.11 Å². The quantitative estimate of drug-likeness (QED) is 0.915. The Labute approximate surface area is 101 Å². The van der Waals surface area contributed by atoms with Gasteiger partial charge in [-0.05, 0) is 22.9 Å². The van der Waals surface area contributed by atoms with E-state index in [1.165, 1.54) is 0 Å². The van der Waals surface area contributed by atoms with Crippen LogP contribution in [0.25, 0.3) is 0 Å². The van der Waals surface area contributed by atoms with Crippen LogP contribution < -0.4 is 10.5 Å². The number of ether oxygens (including phenoxy) is 1. The Morgan fingerprint density at radius 3 is 2.53 bits per heavy atom. The highest BCUT2D eigenvalue weighted by Crippen LogP contribution is 2.37. The summed E-state index contributed by atoms with van der Waals surface area (Å²) in [7, 11) is 1.65. The highest BCUT2D eigenvalue weighted by Gasteiger charge is 2.18. The molecule has 0 saturated heterocycles. The summed E-state index contributed by atoms with van der Waals surface area (Å²) in [5.41, 5.74) is 6.14. The molecule has 80 valence electrons. The molecule has 2 nitrogen and oxygen atoms in total. The summed E-state index contributed by atoms with van der Waals surface area (Å²) in [6.07, 6.45) is 0. The molecule has 0 radical (unpaired) electrons. The van der Waals surface area contributed by atoms with Crippen molar-refractivity contribution < 1.29 is 4.74 Å². The maximum atomic E-state index is 6.14.